The number of ether oxygens (including phenoxy) is 3. The van der Waals surface area contributed by atoms with Gasteiger partial charge in [-0.15, -0.1) is 0 Å². The number of carbonyl (C=O) groups is 1. The molecule has 0 amide bonds. The van der Waals surface area contributed by atoms with Crippen LogP contribution in [0.5, 0.6) is 11.5 Å². The lowest BCUT2D eigenvalue weighted by Gasteiger charge is -2.26. The maximum atomic E-state index is 11.9. The summed E-state index contributed by atoms with van der Waals surface area (Å²) in [6, 6.07) is 7.35. The van der Waals surface area contributed by atoms with E-state index in [0.29, 0.717) is 24.0 Å². The highest BCUT2D eigenvalue weighted by Crippen LogP contribution is 2.27. The number of hydrogen-bond acceptors (Lipinski definition) is 4. The molecule has 4 heteroatoms. The van der Waals surface area contributed by atoms with Crippen LogP contribution in [-0.2, 0) is 9.53 Å². The molecule has 0 heterocycles. The summed E-state index contributed by atoms with van der Waals surface area (Å²) in [6.07, 6.45) is 4.33. The Kier molecular flexibility index (Phi) is 5.90. The van der Waals surface area contributed by atoms with E-state index in [-0.39, 0.29) is 18.7 Å². The Morgan fingerprint density at radius 1 is 1.19 bits per heavy atom. The third-order valence-electron chi connectivity index (χ3n) is 3.68. The number of hydrogen-bond donors (Lipinski definition) is 0. The van der Waals surface area contributed by atoms with E-state index < -0.39 is 0 Å². The fourth-order valence-electron chi connectivity index (χ4n) is 2.69. The number of benzene rings is 1. The van der Waals surface area contributed by atoms with Crippen molar-refractivity contribution in [3.05, 3.63) is 24.3 Å². The van der Waals surface area contributed by atoms with Gasteiger partial charge in [-0.05, 0) is 44.2 Å². The van der Waals surface area contributed by atoms with Crippen molar-refractivity contribution in [2.45, 2.75) is 45.6 Å². The maximum Gasteiger partial charge on any atom is 0.344 e. The fraction of sp³-hybridized carbons (Fsp3) is 0.588. The first-order chi connectivity index (χ1) is 10.2. The molecule has 1 aromatic rings. The van der Waals surface area contributed by atoms with Crippen LogP contribution < -0.4 is 9.47 Å². The van der Waals surface area contributed by atoms with Gasteiger partial charge in [-0.1, -0.05) is 25.5 Å². The van der Waals surface area contributed by atoms with Crippen LogP contribution in [-0.4, -0.2) is 25.3 Å². The van der Waals surface area contributed by atoms with Crippen molar-refractivity contribution in [2.75, 3.05) is 13.2 Å². The molecule has 116 valence electrons. The Labute approximate surface area is 126 Å². The monoisotopic (exact) mass is 292 g/mol. The Bertz CT molecular complexity index is 458. The highest BCUT2D eigenvalue weighted by molar-refractivity contribution is 5.71. The van der Waals surface area contributed by atoms with E-state index in [2.05, 4.69) is 6.92 Å². The van der Waals surface area contributed by atoms with Crippen molar-refractivity contribution in [2.24, 2.45) is 5.92 Å². The van der Waals surface area contributed by atoms with E-state index in [1.807, 2.05) is 25.1 Å². The number of carbonyl (C=O) groups excluding carboxylic acids is 1. The van der Waals surface area contributed by atoms with Gasteiger partial charge in [0, 0.05) is 0 Å². The van der Waals surface area contributed by atoms with Gasteiger partial charge >= 0.3 is 5.97 Å². The van der Waals surface area contributed by atoms with Gasteiger partial charge in [0.25, 0.3) is 0 Å². The molecule has 0 aliphatic heterocycles. The van der Waals surface area contributed by atoms with E-state index in [0.717, 1.165) is 19.3 Å². The summed E-state index contributed by atoms with van der Waals surface area (Å²) in [5, 5.41) is 0. The van der Waals surface area contributed by atoms with Crippen LogP contribution in [0.25, 0.3) is 0 Å². The van der Waals surface area contributed by atoms with Gasteiger partial charge in [0.15, 0.2) is 18.1 Å². The molecule has 2 rings (SSSR count). The summed E-state index contributed by atoms with van der Waals surface area (Å²) < 4.78 is 16.5. The minimum Gasteiger partial charge on any atom is -0.490 e. The first-order valence-electron chi connectivity index (χ1n) is 7.73. The van der Waals surface area contributed by atoms with Crippen molar-refractivity contribution in [3.8, 4) is 11.5 Å². The molecule has 1 saturated carbocycles. The van der Waals surface area contributed by atoms with Crippen LogP contribution in [0.3, 0.4) is 0 Å². The van der Waals surface area contributed by atoms with Crippen LogP contribution in [0.1, 0.15) is 39.5 Å². The van der Waals surface area contributed by atoms with E-state index in [1.165, 1.54) is 6.42 Å². The predicted molar refractivity (Wildman–Crippen MR) is 80.6 cm³/mol. The topological polar surface area (TPSA) is 44.8 Å². The average Bonchev–Trinajstić information content (AvgIpc) is 2.47. The van der Waals surface area contributed by atoms with Crippen LogP contribution >= 0.6 is 0 Å². The SMILES string of the molecule is CCOc1ccccc1OCC(=O)OC1CCCC(C)C1. The number of rotatable bonds is 6. The second-order valence-electron chi connectivity index (χ2n) is 5.55. The van der Waals surface area contributed by atoms with E-state index >= 15 is 0 Å². The lowest BCUT2D eigenvalue weighted by atomic mass is 9.89. The van der Waals surface area contributed by atoms with Gasteiger partial charge in [0.05, 0.1) is 6.61 Å². The Morgan fingerprint density at radius 3 is 2.57 bits per heavy atom. The van der Waals surface area contributed by atoms with E-state index in [9.17, 15) is 4.79 Å². The van der Waals surface area contributed by atoms with Crippen LogP contribution in [0.15, 0.2) is 24.3 Å². The smallest absolute Gasteiger partial charge is 0.344 e. The third kappa shape index (κ3) is 4.96. The fourth-order valence-corrected chi connectivity index (χ4v) is 2.69. The molecular formula is C17H24O4. The van der Waals surface area contributed by atoms with Crippen molar-refractivity contribution in [1.82, 2.24) is 0 Å². The summed E-state index contributed by atoms with van der Waals surface area (Å²) in [6.45, 7) is 4.60. The molecular weight excluding hydrogens is 268 g/mol. The molecule has 1 aliphatic rings. The average molecular weight is 292 g/mol. The van der Waals surface area contributed by atoms with Crippen molar-refractivity contribution in [1.29, 1.82) is 0 Å². The van der Waals surface area contributed by atoms with E-state index in [4.69, 9.17) is 14.2 Å². The first-order valence-corrected chi connectivity index (χ1v) is 7.73. The van der Waals surface area contributed by atoms with Crippen LogP contribution in [0, 0.1) is 5.92 Å². The molecule has 2 unspecified atom stereocenters. The molecule has 0 aromatic heterocycles. The second kappa shape index (κ2) is 7.91. The molecule has 0 radical (unpaired) electrons. The predicted octanol–water partition coefficient (Wildman–Crippen LogP) is 3.59. The largest absolute Gasteiger partial charge is 0.490 e. The highest BCUT2D eigenvalue weighted by atomic mass is 16.6. The molecule has 0 N–H and O–H groups in total. The molecule has 1 aliphatic carbocycles. The Hall–Kier alpha value is -1.71. The Morgan fingerprint density at radius 2 is 1.90 bits per heavy atom. The third-order valence-corrected chi connectivity index (χ3v) is 3.68. The molecule has 4 nitrogen and oxygen atoms in total. The zero-order valence-electron chi connectivity index (χ0n) is 12.8. The van der Waals surface area contributed by atoms with Crippen molar-refractivity contribution >= 4 is 5.97 Å². The van der Waals surface area contributed by atoms with Crippen LogP contribution in [0.2, 0.25) is 0 Å². The minimum absolute atomic E-state index is 0.0481. The molecule has 0 bridgehead atoms. The molecule has 21 heavy (non-hydrogen) atoms. The van der Waals surface area contributed by atoms with Gasteiger partial charge in [-0.2, -0.15) is 0 Å². The molecule has 1 aromatic carbocycles. The lowest BCUT2D eigenvalue weighted by molar-refractivity contribution is -0.153. The summed E-state index contributed by atoms with van der Waals surface area (Å²) in [5.74, 6) is 1.56. The minimum atomic E-state index is -0.305. The zero-order valence-corrected chi connectivity index (χ0v) is 12.8. The summed E-state index contributed by atoms with van der Waals surface area (Å²) in [7, 11) is 0. The van der Waals surface area contributed by atoms with Gasteiger partial charge in [-0.3, -0.25) is 0 Å². The summed E-state index contributed by atoms with van der Waals surface area (Å²) in [5.41, 5.74) is 0. The van der Waals surface area contributed by atoms with Gasteiger partial charge in [-0.25, -0.2) is 4.79 Å². The normalized spacial score (nSPS) is 21.6. The molecule has 1 fully saturated rings. The summed E-state index contributed by atoms with van der Waals surface area (Å²) >= 11 is 0. The number of para-hydroxylation sites is 2. The van der Waals surface area contributed by atoms with Crippen molar-refractivity contribution in [3.63, 3.8) is 0 Å². The van der Waals surface area contributed by atoms with E-state index in [1.54, 1.807) is 6.07 Å². The quantitative estimate of drug-likeness (QED) is 0.752. The molecule has 0 spiro atoms. The summed E-state index contributed by atoms with van der Waals surface area (Å²) in [4.78, 5) is 11.9. The van der Waals surface area contributed by atoms with Gasteiger partial charge in [0.2, 0.25) is 0 Å². The van der Waals surface area contributed by atoms with Crippen LogP contribution in [0.4, 0.5) is 0 Å². The van der Waals surface area contributed by atoms with Gasteiger partial charge in [0.1, 0.15) is 6.10 Å². The standard InChI is InChI=1S/C17H24O4/c1-3-19-15-9-4-5-10-16(15)20-12-17(18)21-14-8-6-7-13(2)11-14/h4-5,9-10,13-14H,3,6-8,11-12H2,1-2H3. The maximum absolute atomic E-state index is 11.9. The number of esters is 1. The zero-order chi connectivity index (χ0) is 15.1. The molecule has 2 atom stereocenters. The highest BCUT2D eigenvalue weighted by Gasteiger charge is 2.22. The van der Waals surface area contributed by atoms with Crippen molar-refractivity contribution < 1.29 is 19.0 Å². The molecule has 0 saturated heterocycles. The first kappa shape index (κ1) is 15.7. The Balaban J connectivity index is 1.81. The second-order valence-corrected chi connectivity index (χ2v) is 5.55. The lowest BCUT2D eigenvalue weighted by Crippen LogP contribution is -2.27. The van der Waals surface area contributed by atoms with Gasteiger partial charge < -0.3 is 14.2 Å².